The van der Waals surface area contributed by atoms with Crippen LogP contribution < -0.4 is 4.72 Å². The molecule has 0 saturated carbocycles. The smallest absolute Gasteiger partial charge is 0.207 e. The number of sulfonamides is 1. The number of alkyl halides is 1. The fraction of sp³-hybridized carbons (Fsp3) is 0.200. The average molecular weight is 344 g/mol. The highest BCUT2D eigenvalue weighted by Crippen LogP contribution is 2.25. The normalized spacial score (nSPS) is 14.6. The van der Waals surface area contributed by atoms with E-state index in [1.165, 1.54) is 24.3 Å². The Morgan fingerprint density at radius 1 is 1.00 bits per heavy atom. The Kier molecular flexibility index (Phi) is 5.27. The van der Waals surface area contributed by atoms with E-state index in [4.69, 9.17) is 23.2 Å². The fourth-order valence-electron chi connectivity index (χ4n) is 1.91. The predicted molar refractivity (Wildman–Crippen MR) is 86.3 cm³/mol. The third-order valence-electron chi connectivity index (χ3n) is 3.02. The van der Waals surface area contributed by atoms with Crippen LogP contribution in [0.3, 0.4) is 0 Å². The van der Waals surface area contributed by atoms with E-state index >= 15 is 0 Å². The van der Waals surface area contributed by atoms with Crippen LogP contribution in [-0.2, 0) is 10.0 Å². The maximum Gasteiger partial charge on any atom is 0.240 e. The molecule has 2 rings (SSSR count). The van der Waals surface area contributed by atoms with E-state index in [9.17, 15) is 8.42 Å². The van der Waals surface area contributed by atoms with Gasteiger partial charge in [0.1, 0.15) is 0 Å². The highest BCUT2D eigenvalue weighted by atomic mass is 35.5. The Hall–Kier alpha value is -1.07. The fourth-order valence-corrected chi connectivity index (χ4v) is 3.58. The highest BCUT2D eigenvalue weighted by Gasteiger charge is 2.23. The SMILES string of the molecule is CC(NS(=O)(=O)c1ccc(Cl)cc1)C(Cl)c1ccccc1. The molecule has 2 unspecified atom stereocenters. The van der Waals surface area contributed by atoms with E-state index in [1.807, 2.05) is 30.3 Å². The lowest BCUT2D eigenvalue weighted by molar-refractivity contribution is 0.555. The molecular weight excluding hydrogens is 329 g/mol. The van der Waals surface area contributed by atoms with E-state index in [-0.39, 0.29) is 4.90 Å². The maximum absolute atomic E-state index is 12.3. The molecule has 3 nitrogen and oxygen atoms in total. The summed E-state index contributed by atoms with van der Waals surface area (Å²) < 4.78 is 27.1. The zero-order chi connectivity index (χ0) is 15.5. The molecule has 6 heteroatoms. The topological polar surface area (TPSA) is 46.2 Å². The molecule has 0 amide bonds. The molecule has 0 aliphatic heterocycles. The van der Waals surface area contributed by atoms with Crippen molar-refractivity contribution in [2.24, 2.45) is 0 Å². The van der Waals surface area contributed by atoms with Gasteiger partial charge in [0.2, 0.25) is 10.0 Å². The molecule has 2 aromatic rings. The molecule has 2 aromatic carbocycles. The summed E-state index contributed by atoms with van der Waals surface area (Å²) in [7, 11) is -3.62. The molecule has 112 valence electrons. The minimum absolute atomic E-state index is 0.163. The van der Waals surface area contributed by atoms with Crippen molar-refractivity contribution in [3.63, 3.8) is 0 Å². The quantitative estimate of drug-likeness (QED) is 0.834. The van der Waals surface area contributed by atoms with Crippen molar-refractivity contribution in [2.75, 3.05) is 0 Å². The lowest BCUT2D eigenvalue weighted by Gasteiger charge is -2.20. The number of halogens is 2. The Morgan fingerprint density at radius 3 is 2.14 bits per heavy atom. The third-order valence-corrected chi connectivity index (χ3v) is 5.48. The second-order valence-corrected chi connectivity index (χ2v) is 7.30. The van der Waals surface area contributed by atoms with Crippen LogP contribution in [0.25, 0.3) is 0 Å². The highest BCUT2D eigenvalue weighted by molar-refractivity contribution is 7.89. The van der Waals surface area contributed by atoms with Gasteiger partial charge in [0, 0.05) is 11.1 Å². The van der Waals surface area contributed by atoms with E-state index in [2.05, 4.69) is 4.72 Å². The van der Waals surface area contributed by atoms with Gasteiger partial charge in [0.15, 0.2) is 0 Å². The van der Waals surface area contributed by atoms with Crippen LogP contribution in [0.5, 0.6) is 0 Å². The van der Waals surface area contributed by atoms with Gasteiger partial charge in [0.05, 0.1) is 10.3 Å². The first kappa shape index (κ1) is 16.3. The van der Waals surface area contributed by atoms with Gasteiger partial charge < -0.3 is 0 Å². The molecule has 0 spiro atoms. The number of benzene rings is 2. The summed E-state index contributed by atoms with van der Waals surface area (Å²) in [5.74, 6) is 0. The van der Waals surface area contributed by atoms with Crippen LogP contribution in [0.15, 0.2) is 59.5 Å². The Balaban J connectivity index is 2.14. The maximum atomic E-state index is 12.3. The standard InChI is InChI=1S/C15H15Cl2NO2S/c1-11(15(17)12-5-3-2-4-6-12)18-21(19,20)14-9-7-13(16)8-10-14/h2-11,15,18H,1H3. The Bertz CT molecular complexity index is 687. The Morgan fingerprint density at radius 2 is 1.57 bits per heavy atom. The first-order valence-corrected chi connectivity index (χ1v) is 8.67. The number of nitrogens with one attached hydrogen (secondary N) is 1. The zero-order valence-corrected chi connectivity index (χ0v) is 13.7. The summed E-state index contributed by atoms with van der Waals surface area (Å²) in [5.41, 5.74) is 0.866. The molecule has 21 heavy (non-hydrogen) atoms. The van der Waals surface area contributed by atoms with Gasteiger partial charge in [-0.15, -0.1) is 11.6 Å². The first-order valence-electron chi connectivity index (χ1n) is 6.37. The average Bonchev–Trinajstić information content (AvgIpc) is 2.47. The molecular formula is C15H15Cl2NO2S. The van der Waals surface area contributed by atoms with Crippen LogP contribution in [0.1, 0.15) is 17.9 Å². The van der Waals surface area contributed by atoms with Crippen molar-refractivity contribution < 1.29 is 8.42 Å². The largest absolute Gasteiger partial charge is 0.240 e. The first-order chi connectivity index (χ1) is 9.90. The summed E-state index contributed by atoms with van der Waals surface area (Å²) in [5, 5.41) is 0.0368. The van der Waals surface area contributed by atoms with Crippen LogP contribution >= 0.6 is 23.2 Å². The van der Waals surface area contributed by atoms with Crippen molar-refractivity contribution in [1.29, 1.82) is 0 Å². The van der Waals surface area contributed by atoms with Gasteiger partial charge in [-0.05, 0) is 36.8 Å². The Labute approximate surface area is 135 Å². The van der Waals surface area contributed by atoms with Gasteiger partial charge in [-0.3, -0.25) is 0 Å². The zero-order valence-electron chi connectivity index (χ0n) is 11.3. The summed E-state index contributed by atoms with van der Waals surface area (Å²) in [6, 6.07) is 14.9. The second-order valence-electron chi connectivity index (χ2n) is 4.68. The van der Waals surface area contributed by atoms with Crippen molar-refractivity contribution in [3.8, 4) is 0 Å². The number of hydrogen-bond donors (Lipinski definition) is 1. The van der Waals surface area contributed by atoms with Crippen molar-refractivity contribution >= 4 is 33.2 Å². The minimum atomic E-state index is -3.62. The molecule has 0 fully saturated rings. The van der Waals surface area contributed by atoms with Crippen LogP contribution in [0.4, 0.5) is 0 Å². The van der Waals surface area contributed by atoms with Crippen LogP contribution in [-0.4, -0.2) is 14.5 Å². The van der Waals surface area contributed by atoms with E-state index in [0.29, 0.717) is 5.02 Å². The summed E-state index contributed by atoms with van der Waals surface area (Å²) in [6.45, 7) is 1.73. The summed E-state index contributed by atoms with van der Waals surface area (Å²) >= 11 is 12.1. The van der Waals surface area contributed by atoms with Gasteiger partial charge in [-0.1, -0.05) is 41.9 Å². The van der Waals surface area contributed by atoms with Gasteiger partial charge >= 0.3 is 0 Å². The monoisotopic (exact) mass is 343 g/mol. The molecule has 0 aliphatic carbocycles. The lowest BCUT2D eigenvalue weighted by atomic mass is 10.1. The molecule has 0 saturated heterocycles. The van der Waals surface area contributed by atoms with E-state index < -0.39 is 21.4 Å². The van der Waals surface area contributed by atoms with Gasteiger partial charge in [-0.25, -0.2) is 13.1 Å². The number of rotatable bonds is 5. The molecule has 0 heterocycles. The molecule has 0 aromatic heterocycles. The predicted octanol–water partition coefficient (Wildman–Crippen LogP) is 3.99. The van der Waals surface area contributed by atoms with Gasteiger partial charge in [0.25, 0.3) is 0 Å². The van der Waals surface area contributed by atoms with Gasteiger partial charge in [-0.2, -0.15) is 0 Å². The van der Waals surface area contributed by atoms with E-state index in [0.717, 1.165) is 5.56 Å². The van der Waals surface area contributed by atoms with Crippen LogP contribution in [0.2, 0.25) is 5.02 Å². The number of hydrogen-bond acceptors (Lipinski definition) is 2. The van der Waals surface area contributed by atoms with E-state index in [1.54, 1.807) is 6.92 Å². The lowest BCUT2D eigenvalue weighted by Crippen LogP contribution is -2.35. The van der Waals surface area contributed by atoms with Crippen molar-refractivity contribution in [2.45, 2.75) is 23.2 Å². The molecule has 2 atom stereocenters. The second kappa shape index (κ2) is 6.79. The minimum Gasteiger partial charge on any atom is -0.207 e. The summed E-state index contributed by atoms with van der Waals surface area (Å²) in [6.07, 6.45) is 0. The van der Waals surface area contributed by atoms with Crippen molar-refractivity contribution in [1.82, 2.24) is 4.72 Å². The third kappa shape index (κ3) is 4.20. The van der Waals surface area contributed by atoms with Crippen LogP contribution in [0, 0.1) is 0 Å². The summed E-state index contributed by atoms with van der Waals surface area (Å²) in [4.78, 5) is 0.163. The molecule has 0 bridgehead atoms. The molecule has 0 radical (unpaired) electrons. The molecule has 1 N–H and O–H groups in total. The molecule has 0 aliphatic rings. The van der Waals surface area contributed by atoms with Crippen molar-refractivity contribution in [3.05, 3.63) is 65.2 Å².